The second kappa shape index (κ2) is 9.80. The number of methoxy groups -OCH3 is 1. The number of carbonyl (C=O) groups is 2. The minimum absolute atomic E-state index is 0.217. The van der Waals surface area contributed by atoms with Crippen molar-refractivity contribution in [2.45, 2.75) is 11.8 Å². The summed E-state index contributed by atoms with van der Waals surface area (Å²) < 4.78 is 10.8. The molecule has 0 aliphatic carbocycles. The monoisotopic (exact) mass is 424 g/mol. The molecule has 0 bridgehead atoms. The fourth-order valence-corrected chi connectivity index (χ4v) is 3.29. The first kappa shape index (κ1) is 21.2. The van der Waals surface area contributed by atoms with Crippen molar-refractivity contribution >= 4 is 29.9 Å². The van der Waals surface area contributed by atoms with Gasteiger partial charge in [0.1, 0.15) is 17.3 Å². The van der Waals surface area contributed by atoms with Crippen LogP contribution in [0.3, 0.4) is 0 Å². The zero-order valence-electron chi connectivity index (χ0n) is 16.4. The minimum Gasteiger partial charge on any atom is -0.497 e. The number of rotatable bonds is 8. The normalized spacial score (nSPS) is 10.9. The van der Waals surface area contributed by atoms with Gasteiger partial charge in [-0.25, -0.2) is 10.2 Å². The van der Waals surface area contributed by atoms with Gasteiger partial charge in [-0.3, -0.25) is 4.79 Å². The molecule has 0 saturated heterocycles. The first-order valence-corrected chi connectivity index (χ1v) is 9.97. The number of carbonyl (C=O) groups excluding carboxylic acids is 1. The van der Waals surface area contributed by atoms with E-state index in [4.69, 9.17) is 9.15 Å². The van der Waals surface area contributed by atoms with Gasteiger partial charge >= 0.3 is 5.97 Å². The van der Waals surface area contributed by atoms with Crippen molar-refractivity contribution < 1.29 is 23.8 Å². The van der Waals surface area contributed by atoms with Gasteiger partial charge in [0.25, 0.3) is 0 Å². The molecule has 7 nitrogen and oxygen atoms in total. The summed E-state index contributed by atoms with van der Waals surface area (Å²) in [4.78, 5) is 24.2. The third-order valence-corrected chi connectivity index (χ3v) is 5.20. The van der Waals surface area contributed by atoms with Crippen LogP contribution in [-0.2, 0) is 4.79 Å². The number of thioether (sulfide) groups is 1. The van der Waals surface area contributed by atoms with E-state index in [0.29, 0.717) is 22.6 Å². The fraction of sp³-hybridized carbons (Fsp3) is 0.136. The number of ether oxygens (including phenoxy) is 1. The third kappa shape index (κ3) is 5.51. The number of aryl methyl sites for hydroxylation is 1. The van der Waals surface area contributed by atoms with E-state index in [1.165, 1.54) is 18.0 Å². The Hall–Kier alpha value is -3.52. The molecule has 2 aromatic carbocycles. The molecule has 0 fully saturated rings. The van der Waals surface area contributed by atoms with Crippen LogP contribution in [0.1, 0.15) is 21.7 Å². The Labute approximate surface area is 177 Å². The lowest BCUT2D eigenvalue weighted by atomic mass is 10.0. The quantitative estimate of drug-likeness (QED) is 0.319. The van der Waals surface area contributed by atoms with Gasteiger partial charge in [-0.15, -0.1) is 11.8 Å². The molecule has 0 unspecified atom stereocenters. The molecule has 8 heteroatoms. The third-order valence-electron chi connectivity index (χ3n) is 4.19. The molecule has 1 amide bonds. The van der Waals surface area contributed by atoms with E-state index in [1.54, 1.807) is 44.4 Å². The van der Waals surface area contributed by atoms with Gasteiger partial charge in [0, 0.05) is 10.5 Å². The lowest BCUT2D eigenvalue weighted by Gasteiger charge is -2.03. The van der Waals surface area contributed by atoms with Crippen molar-refractivity contribution in [1.29, 1.82) is 0 Å². The summed E-state index contributed by atoms with van der Waals surface area (Å²) in [6, 6.07) is 15.9. The molecular formula is C22H20N2O5S. The number of nitrogens with zero attached hydrogens (tertiary/aromatic N) is 1. The zero-order chi connectivity index (χ0) is 21.5. The van der Waals surface area contributed by atoms with Gasteiger partial charge in [-0.2, -0.15) is 5.10 Å². The van der Waals surface area contributed by atoms with Gasteiger partial charge in [0.15, 0.2) is 0 Å². The molecule has 2 N–H and O–H groups in total. The number of carboxylic acids is 1. The summed E-state index contributed by atoms with van der Waals surface area (Å²) in [5.41, 5.74) is 4.00. The predicted molar refractivity (Wildman–Crippen MR) is 115 cm³/mol. The number of hydrogen-bond donors (Lipinski definition) is 2. The summed E-state index contributed by atoms with van der Waals surface area (Å²) in [6.45, 7) is 1.74. The number of hydrazone groups is 1. The average Bonchev–Trinajstić information content (AvgIpc) is 3.21. The Morgan fingerprint density at radius 3 is 2.63 bits per heavy atom. The van der Waals surface area contributed by atoms with Gasteiger partial charge in [-0.1, -0.05) is 12.1 Å². The largest absolute Gasteiger partial charge is 0.497 e. The molecule has 3 rings (SSSR count). The molecule has 1 heterocycles. The lowest BCUT2D eigenvalue weighted by Crippen LogP contribution is -2.19. The summed E-state index contributed by atoms with van der Waals surface area (Å²) >= 11 is 1.39. The molecule has 0 radical (unpaired) electrons. The van der Waals surface area contributed by atoms with Gasteiger partial charge in [-0.05, 0) is 55.0 Å². The molecule has 3 aromatic rings. The second-order valence-electron chi connectivity index (χ2n) is 6.29. The zero-order valence-corrected chi connectivity index (χ0v) is 17.2. The highest BCUT2D eigenvalue weighted by Crippen LogP contribution is 2.24. The Balaban J connectivity index is 1.54. The first-order chi connectivity index (χ1) is 14.5. The van der Waals surface area contributed by atoms with Crippen LogP contribution in [0.4, 0.5) is 0 Å². The molecule has 0 atom stereocenters. The molecule has 0 aliphatic heterocycles. The highest BCUT2D eigenvalue weighted by atomic mass is 32.2. The smallest absolute Gasteiger partial charge is 0.335 e. The predicted octanol–water partition coefficient (Wildman–Crippen LogP) is 4.20. The number of benzene rings is 2. The van der Waals surface area contributed by atoms with E-state index < -0.39 is 5.97 Å². The lowest BCUT2D eigenvalue weighted by molar-refractivity contribution is -0.118. The number of hydrogen-bond acceptors (Lipinski definition) is 6. The molecule has 0 aliphatic rings. The SMILES string of the molecule is COc1ccc(SCC(=O)N/N=C/c2ccc(-c3ccc(C)c(C(=O)O)c3)o2)cc1. The van der Waals surface area contributed by atoms with E-state index in [9.17, 15) is 14.7 Å². The van der Waals surface area contributed by atoms with Crippen molar-refractivity contribution in [2.24, 2.45) is 5.10 Å². The number of furan rings is 1. The summed E-state index contributed by atoms with van der Waals surface area (Å²) in [5.74, 6) is 0.692. The standard InChI is InChI=1S/C22H20N2O5S/c1-14-3-4-15(11-19(14)22(26)27)20-10-7-17(29-20)12-23-24-21(25)13-30-18-8-5-16(28-2)6-9-18/h3-12H,13H2,1-2H3,(H,24,25)(H,26,27)/b23-12+. The van der Waals surface area contributed by atoms with Crippen LogP contribution in [0.25, 0.3) is 11.3 Å². The van der Waals surface area contributed by atoms with Crippen LogP contribution in [-0.4, -0.2) is 36.1 Å². The van der Waals surface area contributed by atoms with Crippen molar-refractivity contribution in [3.05, 3.63) is 71.5 Å². The van der Waals surface area contributed by atoms with Crippen LogP contribution in [0.2, 0.25) is 0 Å². The van der Waals surface area contributed by atoms with Crippen molar-refractivity contribution in [1.82, 2.24) is 5.43 Å². The molecule has 0 spiro atoms. The van der Waals surface area contributed by atoms with Crippen LogP contribution in [0.15, 0.2) is 69.0 Å². The van der Waals surface area contributed by atoms with E-state index in [1.807, 2.05) is 24.3 Å². The van der Waals surface area contributed by atoms with E-state index in [-0.39, 0.29) is 17.2 Å². The van der Waals surface area contributed by atoms with Gasteiger partial charge in [0.05, 0.1) is 24.6 Å². The minimum atomic E-state index is -0.988. The van der Waals surface area contributed by atoms with Crippen LogP contribution in [0.5, 0.6) is 5.75 Å². The molecule has 1 aromatic heterocycles. The topological polar surface area (TPSA) is 101 Å². The fourth-order valence-electron chi connectivity index (χ4n) is 2.60. The van der Waals surface area contributed by atoms with Crippen LogP contribution in [0, 0.1) is 6.92 Å². The van der Waals surface area contributed by atoms with E-state index >= 15 is 0 Å². The Bertz CT molecular complexity index is 1070. The summed E-state index contributed by atoms with van der Waals surface area (Å²) in [7, 11) is 1.60. The van der Waals surface area contributed by atoms with Crippen molar-refractivity contribution in [3.8, 4) is 17.1 Å². The molecular weight excluding hydrogens is 404 g/mol. The highest BCUT2D eigenvalue weighted by molar-refractivity contribution is 8.00. The van der Waals surface area contributed by atoms with Gasteiger partial charge in [0.2, 0.25) is 5.91 Å². The maximum absolute atomic E-state index is 11.9. The number of amides is 1. The van der Waals surface area contributed by atoms with E-state index in [2.05, 4.69) is 10.5 Å². The Kier molecular flexibility index (Phi) is 6.92. The number of carboxylic acid groups (broad SMARTS) is 1. The highest BCUT2D eigenvalue weighted by Gasteiger charge is 2.11. The average molecular weight is 424 g/mol. The Morgan fingerprint density at radius 1 is 1.17 bits per heavy atom. The molecule has 154 valence electrons. The number of nitrogens with one attached hydrogen (secondary N) is 1. The molecule has 30 heavy (non-hydrogen) atoms. The maximum atomic E-state index is 11.9. The summed E-state index contributed by atoms with van der Waals surface area (Å²) in [6.07, 6.45) is 1.39. The molecule has 0 saturated carbocycles. The first-order valence-electron chi connectivity index (χ1n) is 8.99. The van der Waals surface area contributed by atoms with E-state index in [0.717, 1.165) is 10.6 Å². The van der Waals surface area contributed by atoms with Crippen molar-refractivity contribution in [2.75, 3.05) is 12.9 Å². The number of aromatic carboxylic acids is 1. The van der Waals surface area contributed by atoms with Gasteiger partial charge < -0.3 is 14.3 Å². The van der Waals surface area contributed by atoms with Crippen molar-refractivity contribution in [3.63, 3.8) is 0 Å². The maximum Gasteiger partial charge on any atom is 0.335 e. The van der Waals surface area contributed by atoms with Crippen LogP contribution < -0.4 is 10.2 Å². The van der Waals surface area contributed by atoms with Crippen LogP contribution >= 0.6 is 11.8 Å². The summed E-state index contributed by atoms with van der Waals surface area (Å²) in [5, 5.41) is 13.2. The second-order valence-corrected chi connectivity index (χ2v) is 7.34. The Morgan fingerprint density at radius 2 is 1.93 bits per heavy atom.